The maximum absolute atomic E-state index is 13.5. The number of benzene rings is 1. The van der Waals surface area contributed by atoms with Gasteiger partial charge in [0.05, 0.1) is 0 Å². The molecule has 1 amide bonds. The van der Waals surface area contributed by atoms with Crippen molar-refractivity contribution in [3.63, 3.8) is 0 Å². The average molecular weight is 325 g/mol. The van der Waals surface area contributed by atoms with E-state index in [0.29, 0.717) is 5.92 Å². The third kappa shape index (κ3) is 4.27. The van der Waals surface area contributed by atoms with Crippen LogP contribution in [0.25, 0.3) is 0 Å². The van der Waals surface area contributed by atoms with E-state index in [4.69, 9.17) is 4.74 Å². The molecule has 1 aromatic rings. The molecule has 1 saturated carbocycles. The Kier molecular flexibility index (Phi) is 5.69. The summed E-state index contributed by atoms with van der Waals surface area (Å²) < 4.78 is 32.0. The molecule has 0 unspecified atom stereocenters. The molecule has 1 aliphatic rings. The van der Waals surface area contributed by atoms with Gasteiger partial charge in [-0.3, -0.25) is 4.79 Å². The highest BCUT2D eigenvalue weighted by Crippen LogP contribution is 2.24. The second-order valence-electron chi connectivity index (χ2n) is 6.02. The highest BCUT2D eigenvalue weighted by Gasteiger charge is 2.28. The summed E-state index contributed by atoms with van der Waals surface area (Å²) >= 11 is 0. The molecule has 2 rings (SSSR count). The van der Waals surface area contributed by atoms with Crippen molar-refractivity contribution in [1.82, 2.24) is 5.32 Å². The van der Waals surface area contributed by atoms with Gasteiger partial charge >= 0.3 is 5.97 Å². The van der Waals surface area contributed by atoms with Crippen molar-refractivity contribution < 1.29 is 23.1 Å². The second-order valence-corrected chi connectivity index (χ2v) is 6.02. The number of carbonyl (C=O) groups excluding carboxylic acids is 2. The Balaban J connectivity index is 1.96. The molecule has 3 atom stereocenters. The predicted molar refractivity (Wildman–Crippen MR) is 80.8 cm³/mol. The molecule has 1 N–H and O–H groups in total. The number of rotatable bonds is 4. The maximum Gasteiger partial charge on any atom is 0.344 e. The second kappa shape index (κ2) is 7.53. The number of hydrogen-bond acceptors (Lipinski definition) is 3. The molecule has 0 aliphatic heterocycles. The number of hydrogen-bond donors (Lipinski definition) is 1. The first-order chi connectivity index (χ1) is 10.9. The summed E-state index contributed by atoms with van der Waals surface area (Å²) in [7, 11) is 0. The van der Waals surface area contributed by atoms with E-state index < -0.39 is 35.2 Å². The average Bonchev–Trinajstić information content (AvgIpc) is 2.49. The molecule has 0 spiro atoms. The Morgan fingerprint density at radius 1 is 1.22 bits per heavy atom. The summed E-state index contributed by atoms with van der Waals surface area (Å²) in [5, 5.41) is 2.85. The zero-order chi connectivity index (χ0) is 17.0. The fraction of sp³-hybridized carbons (Fsp3) is 0.529. The SMILES string of the molecule is C[C@@H](OC(=O)c1c(F)cccc1F)C(=O)N[C@H]1CCCC[C@@H]1C. The molecule has 0 aromatic heterocycles. The van der Waals surface area contributed by atoms with Crippen LogP contribution in [0.1, 0.15) is 49.9 Å². The smallest absolute Gasteiger partial charge is 0.344 e. The van der Waals surface area contributed by atoms with Crippen LogP contribution in [0, 0.1) is 17.6 Å². The lowest BCUT2D eigenvalue weighted by Crippen LogP contribution is -2.46. The molecule has 23 heavy (non-hydrogen) atoms. The zero-order valence-electron chi connectivity index (χ0n) is 13.3. The van der Waals surface area contributed by atoms with Gasteiger partial charge in [-0.1, -0.05) is 25.8 Å². The molecule has 0 heterocycles. The highest BCUT2D eigenvalue weighted by molar-refractivity contribution is 5.92. The van der Waals surface area contributed by atoms with Crippen LogP contribution in [0.15, 0.2) is 18.2 Å². The van der Waals surface area contributed by atoms with Gasteiger partial charge < -0.3 is 10.1 Å². The van der Waals surface area contributed by atoms with Gasteiger partial charge in [0.1, 0.15) is 17.2 Å². The molecule has 0 saturated heterocycles. The third-order valence-corrected chi connectivity index (χ3v) is 4.26. The van der Waals surface area contributed by atoms with Crippen molar-refractivity contribution in [3.05, 3.63) is 35.4 Å². The Hall–Kier alpha value is -1.98. The number of nitrogens with one attached hydrogen (secondary N) is 1. The van der Waals surface area contributed by atoms with Gasteiger partial charge in [0.25, 0.3) is 5.91 Å². The van der Waals surface area contributed by atoms with E-state index in [9.17, 15) is 18.4 Å². The molecule has 0 bridgehead atoms. The standard InChI is InChI=1S/C17H21F2NO3/c1-10-6-3-4-9-14(10)20-16(21)11(2)23-17(22)15-12(18)7-5-8-13(15)19/h5,7-8,10-11,14H,3-4,6,9H2,1-2H3,(H,20,21)/t10-,11+,14-/m0/s1. The molecule has 4 nitrogen and oxygen atoms in total. The topological polar surface area (TPSA) is 55.4 Å². The van der Waals surface area contributed by atoms with Gasteiger partial charge in [-0.25, -0.2) is 13.6 Å². The van der Waals surface area contributed by atoms with Gasteiger partial charge in [0, 0.05) is 6.04 Å². The Bertz CT molecular complexity index is 571. The third-order valence-electron chi connectivity index (χ3n) is 4.26. The summed E-state index contributed by atoms with van der Waals surface area (Å²) in [4.78, 5) is 24.0. The number of amides is 1. The number of ether oxygens (including phenoxy) is 1. The minimum atomic E-state index is -1.18. The summed E-state index contributed by atoms with van der Waals surface area (Å²) in [6, 6.07) is 3.13. The molecule has 1 aliphatic carbocycles. The van der Waals surface area contributed by atoms with E-state index >= 15 is 0 Å². The van der Waals surface area contributed by atoms with Crippen LogP contribution in [0.2, 0.25) is 0 Å². The summed E-state index contributed by atoms with van der Waals surface area (Å²) in [5.41, 5.74) is -0.779. The van der Waals surface area contributed by atoms with Gasteiger partial charge in [0.15, 0.2) is 6.10 Å². The minimum absolute atomic E-state index is 0.0441. The van der Waals surface area contributed by atoms with E-state index in [1.165, 1.54) is 6.92 Å². The predicted octanol–water partition coefficient (Wildman–Crippen LogP) is 3.21. The lowest BCUT2D eigenvalue weighted by molar-refractivity contribution is -0.130. The molecule has 126 valence electrons. The van der Waals surface area contributed by atoms with E-state index in [1.54, 1.807) is 0 Å². The van der Waals surface area contributed by atoms with Crippen molar-refractivity contribution in [2.75, 3.05) is 0 Å². The first-order valence-electron chi connectivity index (χ1n) is 7.85. The van der Waals surface area contributed by atoms with Gasteiger partial charge in [0.2, 0.25) is 0 Å². The number of carbonyl (C=O) groups is 2. The fourth-order valence-electron chi connectivity index (χ4n) is 2.80. The van der Waals surface area contributed by atoms with Crippen LogP contribution in [0.3, 0.4) is 0 Å². The maximum atomic E-state index is 13.5. The van der Waals surface area contributed by atoms with Crippen LogP contribution in [-0.4, -0.2) is 24.0 Å². The van der Waals surface area contributed by atoms with Gasteiger partial charge in [-0.05, 0) is 37.8 Å². The molecule has 1 aromatic carbocycles. The van der Waals surface area contributed by atoms with Gasteiger partial charge in [-0.2, -0.15) is 0 Å². The number of esters is 1. The van der Waals surface area contributed by atoms with E-state index in [1.807, 2.05) is 0 Å². The molecular weight excluding hydrogens is 304 g/mol. The van der Waals surface area contributed by atoms with Crippen LogP contribution >= 0.6 is 0 Å². The van der Waals surface area contributed by atoms with Crippen LogP contribution in [-0.2, 0) is 9.53 Å². The Morgan fingerprint density at radius 2 is 1.83 bits per heavy atom. The van der Waals surface area contributed by atoms with Crippen molar-refractivity contribution in [2.45, 2.75) is 51.7 Å². The van der Waals surface area contributed by atoms with Crippen molar-refractivity contribution in [1.29, 1.82) is 0 Å². The van der Waals surface area contributed by atoms with E-state index in [0.717, 1.165) is 43.9 Å². The Morgan fingerprint density at radius 3 is 2.43 bits per heavy atom. The zero-order valence-corrected chi connectivity index (χ0v) is 13.3. The van der Waals surface area contributed by atoms with E-state index in [2.05, 4.69) is 12.2 Å². The first kappa shape index (κ1) is 17.4. The highest BCUT2D eigenvalue weighted by atomic mass is 19.1. The van der Waals surface area contributed by atoms with Crippen LogP contribution in [0.4, 0.5) is 8.78 Å². The van der Waals surface area contributed by atoms with Crippen molar-refractivity contribution in [3.8, 4) is 0 Å². The summed E-state index contributed by atoms with van der Waals surface area (Å²) in [5.74, 6) is -3.29. The monoisotopic (exact) mass is 325 g/mol. The van der Waals surface area contributed by atoms with Crippen LogP contribution in [0.5, 0.6) is 0 Å². The summed E-state index contributed by atoms with van der Waals surface area (Å²) in [6.07, 6.45) is 3.00. The van der Waals surface area contributed by atoms with Gasteiger partial charge in [-0.15, -0.1) is 0 Å². The first-order valence-corrected chi connectivity index (χ1v) is 7.85. The quantitative estimate of drug-likeness (QED) is 0.865. The normalized spacial score (nSPS) is 22.3. The lowest BCUT2D eigenvalue weighted by atomic mass is 9.86. The van der Waals surface area contributed by atoms with Crippen molar-refractivity contribution in [2.24, 2.45) is 5.92 Å². The van der Waals surface area contributed by atoms with E-state index in [-0.39, 0.29) is 6.04 Å². The fourth-order valence-corrected chi connectivity index (χ4v) is 2.80. The molecular formula is C17H21F2NO3. The summed E-state index contributed by atoms with van der Waals surface area (Å²) in [6.45, 7) is 3.45. The molecule has 1 fully saturated rings. The van der Waals surface area contributed by atoms with Crippen molar-refractivity contribution >= 4 is 11.9 Å². The Labute approximate surface area is 134 Å². The number of halogens is 2. The largest absolute Gasteiger partial charge is 0.449 e. The minimum Gasteiger partial charge on any atom is -0.449 e. The molecule has 0 radical (unpaired) electrons. The molecule has 6 heteroatoms. The lowest BCUT2D eigenvalue weighted by Gasteiger charge is -2.30. The van der Waals surface area contributed by atoms with Crippen LogP contribution < -0.4 is 5.32 Å².